The van der Waals surface area contributed by atoms with Crippen molar-refractivity contribution in [1.29, 1.82) is 0 Å². The van der Waals surface area contributed by atoms with Crippen LogP contribution in [0.4, 0.5) is 4.39 Å². The molecule has 0 bridgehead atoms. The highest BCUT2D eigenvalue weighted by atomic mass is 35.5. The first kappa shape index (κ1) is 15.6. The highest BCUT2D eigenvalue weighted by molar-refractivity contribution is 7.84. The zero-order valence-electron chi connectivity index (χ0n) is 10.9. The maximum Gasteiger partial charge on any atom is 0.146 e. The van der Waals surface area contributed by atoms with E-state index >= 15 is 0 Å². The normalized spacial score (nSPS) is 16.3. The second-order valence-corrected chi connectivity index (χ2v) is 6.30. The summed E-state index contributed by atoms with van der Waals surface area (Å²) in [5.41, 5.74) is 0.568. The van der Waals surface area contributed by atoms with Crippen LogP contribution in [0.2, 0.25) is 5.02 Å². The van der Waals surface area contributed by atoms with Crippen molar-refractivity contribution in [3.05, 3.63) is 34.6 Å². The van der Waals surface area contributed by atoms with Gasteiger partial charge in [0.2, 0.25) is 0 Å². The summed E-state index contributed by atoms with van der Waals surface area (Å²) >= 11 is 5.78. The van der Waals surface area contributed by atoms with Gasteiger partial charge in [0.25, 0.3) is 0 Å². The fraction of sp³-hybridized carbons (Fsp3) is 0.538. The van der Waals surface area contributed by atoms with E-state index in [1.807, 2.05) is 13.8 Å². The molecule has 0 radical (unpaired) electrons. The van der Waals surface area contributed by atoms with E-state index in [1.54, 1.807) is 18.4 Å². The maximum absolute atomic E-state index is 13.9. The van der Waals surface area contributed by atoms with Crippen molar-refractivity contribution < 1.29 is 8.60 Å². The first-order valence-corrected chi connectivity index (χ1v) is 8.06. The minimum Gasteiger partial charge on any atom is -0.306 e. The molecular weight excluding hydrogens is 273 g/mol. The predicted molar refractivity (Wildman–Crippen MR) is 76.0 cm³/mol. The van der Waals surface area contributed by atoms with Crippen molar-refractivity contribution in [2.45, 2.75) is 32.4 Å². The number of rotatable bonds is 6. The third-order valence-electron chi connectivity index (χ3n) is 2.74. The molecule has 0 saturated heterocycles. The summed E-state index contributed by atoms with van der Waals surface area (Å²) in [6.45, 7) is 3.93. The molecule has 1 rings (SSSR count). The summed E-state index contributed by atoms with van der Waals surface area (Å²) in [6, 6.07) is 4.98. The van der Waals surface area contributed by atoms with Crippen LogP contribution >= 0.6 is 11.6 Å². The van der Waals surface area contributed by atoms with Crippen LogP contribution in [0.15, 0.2) is 18.2 Å². The lowest BCUT2D eigenvalue weighted by atomic mass is 10.0. The Morgan fingerprint density at radius 1 is 1.50 bits per heavy atom. The maximum atomic E-state index is 13.9. The first-order valence-electron chi connectivity index (χ1n) is 5.95. The molecule has 18 heavy (non-hydrogen) atoms. The van der Waals surface area contributed by atoms with Gasteiger partial charge in [-0.05, 0) is 19.4 Å². The van der Waals surface area contributed by atoms with Gasteiger partial charge in [-0.15, -0.1) is 0 Å². The van der Waals surface area contributed by atoms with E-state index in [1.165, 1.54) is 6.07 Å². The second-order valence-electron chi connectivity index (χ2n) is 4.41. The molecule has 3 unspecified atom stereocenters. The average molecular weight is 292 g/mol. The van der Waals surface area contributed by atoms with Crippen LogP contribution in [0.1, 0.15) is 31.9 Å². The Bertz CT molecular complexity index is 427. The van der Waals surface area contributed by atoms with Crippen molar-refractivity contribution in [2.24, 2.45) is 0 Å². The summed E-state index contributed by atoms with van der Waals surface area (Å²) in [5, 5.41) is 3.43. The van der Waals surface area contributed by atoms with Gasteiger partial charge in [0.15, 0.2) is 0 Å². The van der Waals surface area contributed by atoms with Gasteiger partial charge in [0.1, 0.15) is 5.82 Å². The molecule has 0 amide bonds. The molecule has 0 aliphatic rings. The van der Waals surface area contributed by atoms with Gasteiger partial charge in [0.05, 0.1) is 5.02 Å². The van der Waals surface area contributed by atoms with Gasteiger partial charge in [0, 0.05) is 40.5 Å². The quantitative estimate of drug-likeness (QED) is 0.871. The fourth-order valence-electron chi connectivity index (χ4n) is 1.96. The molecule has 0 aliphatic heterocycles. The van der Waals surface area contributed by atoms with E-state index < -0.39 is 10.8 Å². The largest absolute Gasteiger partial charge is 0.306 e. The lowest BCUT2D eigenvalue weighted by Crippen LogP contribution is -2.34. The molecule has 102 valence electrons. The van der Waals surface area contributed by atoms with Gasteiger partial charge < -0.3 is 5.32 Å². The number of hydrogen-bond acceptors (Lipinski definition) is 2. The highest BCUT2D eigenvalue weighted by Crippen LogP contribution is 2.25. The molecule has 0 saturated carbocycles. The Morgan fingerprint density at radius 3 is 2.72 bits per heavy atom. The Kier molecular flexibility index (Phi) is 6.26. The second kappa shape index (κ2) is 7.22. The fourth-order valence-corrected chi connectivity index (χ4v) is 2.94. The summed E-state index contributed by atoms with van der Waals surface area (Å²) in [7, 11) is -0.863. The molecule has 1 N–H and O–H groups in total. The summed E-state index contributed by atoms with van der Waals surface area (Å²) in [4.78, 5) is 0. The number of benzene rings is 1. The van der Waals surface area contributed by atoms with Gasteiger partial charge in [-0.2, -0.15) is 0 Å². The Labute approximate surface area is 115 Å². The van der Waals surface area contributed by atoms with Crippen molar-refractivity contribution in [2.75, 3.05) is 12.0 Å². The average Bonchev–Trinajstić information content (AvgIpc) is 2.29. The van der Waals surface area contributed by atoms with Crippen LogP contribution in [-0.2, 0) is 10.8 Å². The van der Waals surface area contributed by atoms with Crippen LogP contribution in [0.3, 0.4) is 0 Å². The van der Waals surface area contributed by atoms with Crippen LogP contribution in [0, 0.1) is 5.82 Å². The molecule has 0 heterocycles. The standard InChI is InChI=1S/C13H19ClFNOS/c1-4-12(16-9(2)8-18(3)17)10-6-5-7-11(14)13(10)15/h5-7,9,12,16H,4,8H2,1-3H3. The minimum atomic E-state index is -0.863. The zero-order chi connectivity index (χ0) is 13.7. The van der Waals surface area contributed by atoms with Gasteiger partial charge >= 0.3 is 0 Å². The minimum absolute atomic E-state index is 0.0687. The van der Waals surface area contributed by atoms with Crippen LogP contribution in [0.5, 0.6) is 0 Å². The molecule has 0 spiro atoms. The SMILES string of the molecule is CCC(NC(C)CS(C)=O)c1cccc(Cl)c1F. The molecule has 2 nitrogen and oxygen atoms in total. The van der Waals surface area contributed by atoms with E-state index in [4.69, 9.17) is 11.6 Å². The number of nitrogens with one attached hydrogen (secondary N) is 1. The third-order valence-corrected chi connectivity index (χ3v) is 4.00. The molecule has 1 aromatic rings. The Hall–Kier alpha value is -0.450. The van der Waals surface area contributed by atoms with E-state index in [-0.39, 0.29) is 22.9 Å². The molecule has 0 fully saturated rings. The van der Waals surface area contributed by atoms with E-state index in [0.717, 1.165) is 6.42 Å². The van der Waals surface area contributed by atoms with E-state index in [2.05, 4.69) is 5.32 Å². The molecule has 0 aromatic heterocycles. The van der Waals surface area contributed by atoms with Gasteiger partial charge in [-0.3, -0.25) is 4.21 Å². The zero-order valence-corrected chi connectivity index (χ0v) is 12.4. The van der Waals surface area contributed by atoms with Gasteiger partial charge in [-0.25, -0.2) is 4.39 Å². The third kappa shape index (κ3) is 4.34. The summed E-state index contributed by atoms with van der Waals surface area (Å²) in [5.74, 6) is 0.182. The highest BCUT2D eigenvalue weighted by Gasteiger charge is 2.18. The lowest BCUT2D eigenvalue weighted by molar-refractivity contribution is 0.449. The Morgan fingerprint density at radius 2 is 2.17 bits per heavy atom. The molecule has 5 heteroatoms. The van der Waals surface area contributed by atoms with Crippen molar-refractivity contribution in [3.63, 3.8) is 0 Å². The van der Waals surface area contributed by atoms with Crippen LogP contribution in [0.25, 0.3) is 0 Å². The monoisotopic (exact) mass is 291 g/mol. The number of halogens is 2. The molecule has 0 aliphatic carbocycles. The van der Waals surface area contributed by atoms with Crippen molar-refractivity contribution in [1.82, 2.24) is 5.32 Å². The topological polar surface area (TPSA) is 29.1 Å². The smallest absolute Gasteiger partial charge is 0.146 e. The van der Waals surface area contributed by atoms with Crippen LogP contribution < -0.4 is 5.32 Å². The predicted octanol–water partition coefficient (Wildman–Crippen LogP) is 3.29. The van der Waals surface area contributed by atoms with Crippen molar-refractivity contribution in [3.8, 4) is 0 Å². The molecular formula is C13H19ClFNOS. The summed E-state index contributed by atoms with van der Waals surface area (Å²) < 4.78 is 25.1. The van der Waals surface area contributed by atoms with Gasteiger partial charge in [-0.1, -0.05) is 30.7 Å². The van der Waals surface area contributed by atoms with Crippen molar-refractivity contribution >= 4 is 22.4 Å². The summed E-state index contributed by atoms with van der Waals surface area (Å²) in [6.07, 6.45) is 2.41. The number of hydrogen-bond donors (Lipinski definition) is 1. The van der Waals surface area contributed by atoms with Crippen LogP contribution in [-0.4, -0.2) is 22.3 Å². The van der Waals surface area contributed by atoms with E-state index in [0.29, 0.717) is 11.3 Å². The van der Waals surface area contributed by atoms with E-state index in [9.17, 15) is 8.60 Å². The first-order chi connectivity index (χ1) is 8.45. The molecule has 3 atom stereocenters. The molecule has 1 aromatic carbocycles. The Balaban J connectivity index is 2.83. The lowest BCUT2D eigenvalue weighted by Gasteiger charge is -2.22.